The summed E-state index contributed by atoms with van der Waals surface area (Å²) in [5.74, 6) is -0.245. The van der Waals surface area contributed by atoms with Gasteiger partial charge >= 0.3 is 0 Å². The lowest BCUT2D eigenvalue weighted by molar-refractivity contribution is -0.116. The second-order valence-corrected chi connectivity index (χ2v) is 5.65. The Bertz CT molecular complexity index is 1010. The maximum absolute atomic E-state index is 14.3. The summed E-state index contributed by atoms with van der Waals surface area (Å²) in [6.45, 7) is 1.56. The van der Waals surface area contributed by atoms with Gasteiger partial charge in [-0.05, 0) is 31.2 Å². The fourth-order valence-corrected chi connectivity index (χ4v) is 2.76. The SMILES string of the molecule is COc1cccc(NC(=O)Cn2c(C)cc(=O)c3cccc(F)c32)c1. The zero-order valence-electron chi connectivity index (χ0n) is 13.9. The van der Waals surface area contributed by atoms with Gasteiger partial charge in [-0.3, -0.25) is 9.59 Å². The molecule has 0 saturated heterocycles. The van der Waals surface area contributed by atoms with Crippen LogP contribution in [0.25, 0.3) is 10.9 Å². The topological polar surface area (TPSA) is 60.3 Å². The van der Waals surface area contributed by atoms with Gasteiger partial charge in [-0.25, -0.2) is 4.39 Å². The molecule has 1 amide bonds. The number of methoxy groups -OCH3 is 1. The summed E-state index contributed by atoms with van der Waals surface area (Å²) in [4.78, 5) is 24.5. The number of ether oxygens (including phenoxy) is 1. The molecular formula is C19H17FN2O3. The molecule has 0 unspecified atom stereocenters. The van der Waals surface area contributed by atoms with Crippen molar-refractivity contribution in [3.63, 3.8) is 0 Å². The number of aromatic nitrogens is 1. The number of hydrogen-bond donors (Lipinski definition) is 1. The van der Waals surface area contributed by atoms with E-state index < -0.39 is 5.82 Å². The second kappa shape index (κ2) is 6.76. The van der Waals surface area contributed by atoms with Crippen molar-refractivity contribution in [1.82, 2.24) is 4.57 Å². The van der Waals surface area contributed by atoms with Crippen LogP contribution in [-0.4, -0.2) is 17.6 Å². The Labute approximate surface area is 143 Å². The van der Waals surface area contributed by atoms with E-state index in [-0.39, 0.29) is 28.8 Å². The highest BCUT2D eigenvalue weighted by Gasteiger charge is 2.13. The molecule has 0 bridgehead atoms. The zero-order valence-corrected chi connectivity index (χ0v) is 13.9. The molecule has 6 heteroatoms. The van der Waals surface area contributed by atoms with Crippen LogP contribution >= 0.6 is 0 Å². The Morgan fingerprint density at radius 1 is 1.20 bits per heavy atom. The average Bonchev–Trinajstić information content (AvgIpc) is 2.59. The molecule has 1 heterocycles. The third-order valence-corrected chi connectivity index (χ3v) is 3.94. The maximum atomic E-state index is 14.3. The molecule has 0 aliphatic heterocycles. The summed E-state index contributed by atoms with van der Waals surface area (Å²) in [5, 5.41) is 3.00. The highest BCUT2D eigenvalue weighted by molar-refractivity contribution is 5.92. The van der Waals surface area contributed by atoms with E-state index in [4.69, 9.17) is 4.74 Å². The number of benzene rings is 2. The van der Waals surface area contributed by atoms with Crippen molar-refractivity contribution in [3.8, 4) is 5.75 Å². The standard InChI is InChI=1S/C19H17FN2O3/c1-12-9-17(23)15-7-4-8-16(20)19(15)22(12)11-18(24)21-13-5-3-6-14(10-13)25-2/h3-10H,11H2,1-2H3,(H,21,24). The highest BCUT2D eigenvalue weighted by Crippen LogP contribution is 2.19. The fourth-order valence-electron chi connectivity index (χ4n) is 2.76. The highest BCUT2D eigenvalue weighted by atomic mass is 19.1. The van der Waals surface area contributed by atoms with E-state index >= 15 is 0 Å². The van der Waals surface area contributed by atoms with E-state index in [2.05, 4.69) is 5.32 Å². The van der Waals surface area contributed by atoms with E-state index in [9.17, 15) is 14.0 Å². The predicted octanol–water partition coefficient (Wildman–Crippen LogP) is 3.10. The number of pyridine rings is 1. The molecule has 25 heavy (non-hydrogen) atoms. The summed E-state index contributed by atoms with van der Waals surface area (Å²) in [7, 11) is 1.54. The monoisotopic (exact) mass is 340 g/mol. The van der Waals surface area contributed by atoms with Gasteiger partial charge in [0.1, 0.15) is 18.1 Å². The molecule has 3 rings (SSSR count). The number of hydrogen-bond acceptors (Lipinski definition) is 3. The quantitative estimate of drug-likeness (QED) is 0.794. The number of nitrogens with one attached hydrogen (secondary N) is 1. The number of aryl methyl sites for hydroxylation is 1. The Balaban J connectivity index is 1.95. The van der Waals surface area contributed by atoms with Gasteiger partial charge in [-0.2, -0.15) is 0 Å². The molecule has 2 aromatic carbocycles. The molecular weight excluding hydrogens is 323 g/mol. The average molecular weight is 340 g/mol. The zero-order chi connectivity index (χ0) is 18.0. The third kappa shape index (κ3) is 3.38. The molecule has 128 valence electrons. The van der Waals surface area contributed by atoms with Crippen LogP contribution in [0.15, 0.2) is 53.3 Å². The van der Waals surface area contributed by atoms with Crippen LogP contribution in [0, 0.1) is 12.7 Å². The molecule has 0 aliphatic carbocycles. The van der Waals surface area contributed by atoms with Gasteiger partial charge in [-0.1, -0.05) is 12.1 Å². The van der Waals surface area contributed by atoms with Gasteiger partial charge in [0.15, 0.2) is 5.43 Å². The van der Waals surface area contributed by atoms with Crippen molar-refractivity contribution in [3.05, 3.63) is 70.3 Å². The van der Waals surface area contributed by atoms with Crippen LogP contribution in [0.2, 0.25) is 0 Å². The number of halogens is 1. The first-order valence-corrected chi connectivity index (χ1v) is 7.72. The van der Waals surface area contributed by atoms with Gasteiger partial charge in [-0.15, -0.1) is 0 Å². The number of amides is 1. The van der Waals surface area contributed by atoms with Crippen molar-refractivity contribution in [1.29, 1.82) is 0 Å². The van der Waals surface area contributed by atoms with Crippen LogP contribution in [0.1, 0.15) is 5.69 Å². The van der Waals surface area contributed by atoms with Crippen LogP contribution in [0.3, 0.4) is 0 Å². The van der Waals surface area contributed by atoms with Gasteiger partial charge < -0.3 is 14.6 Å². The number of fused-ring (bicyclic) bond motifs is 1. The minimum Gasteiger partial charge on any atom is -0.497 e. The lowest BCUT2D eigenvalue weighted by Crippen LogP contribution is -2.22. The number of nitrogens with zero attached hydrogens (tertiary/aromatic N) is 1. The minimum atomic E-state index is -0.535. The van der Waals surface area contributed by atoms with Gasteiger partial charge in [0.05, 0.1) is 12.6 Å². The van der Waals surface area contributed by atoms with Crippen molar-refractivity contribution in [2.75, 3.05) is 12.4 Å². The number of rotatable bonds is 4. The number of para-hydroxylation sites is 1. The smallest absolute Gasteiger partial charge is 0.244 e. The van der Waals surface area contributed by atoms with Crippen LogP contribution < -0.4 is 15.5 Å². The molecule has 0 spiro atoms. The van der Waals surface area contributed by atoms with E-state index in [0.29, 0.717) is 17.1 Å². The Morgan fingerprint density at radius 3 is 2.72 bits per heavy atom. The van der Waals surface area contributed by atoms with Gasteiger partial charge in [0, 0.05) is 28.9 Å². The summed E-state index contributed by atoms with van der Waals surface area (Å²) < 4.78 is 20.9. The predicted molar refractivity (Wildman–Crippen MR) is 94.5 cm³/mol. The third-order valence-electron chi connectivity index (χ3n) is 3.94. The van der Waals surface area contributed by atoms with E-state index in [1.807, 2.05) is 0 Å². The first-order chi connectivity index (χ1) is 12.0. The second-order valence-electron chi connectivity index (χ2n) is 5.65. The van der Waals surface area contributed by atoms with E-state index in [1.165, 1.54) is 22.8 Å². The normalized spacial score (nSPS) is 10.7. The molecule has 5 nitrogen and oxygen atoms in total. The van der Waals surface area contributed by atoms with E-state index in [0.717, 1.165) is 0 Å². The van der Waals surface area contributed by atoms with Gasteiger partial charge in [0.25, 0.3) is 0 Å². The number of anilines is 1. The summed E-state index contributed by atoms with van der Waals surface area (Å²) in [5.41, 5.74) is 0.959. The summed E-state index contributed by atoms with van der Waals surface area (Å²) in [6.07, 6.45) is 0. The van der Waals surface area contributed by atoms with Crippen molar-refractivity contribution >= 4 is 22.5 Å². The largest absolute Gasteiger partial charge is 0.497 e. The minimum absolute atomic E-state index is 0.110. The fraction of sp³-hybridized carbons (Fsp3) is 0.158. The van der Waals surface area contributed by atoms with Crippen LogP contribution in [0.4, 0.5) is 10.1 Å². The Kier molecular flexibility index (Phi) is 4.52. The lowest BCUT2D eigenvalue weighted by atomic mass is 10.1. The molecule has 0 fully saturated rings. The van der Waals surface area contributed by atoms with Crippen molar-refractivity contribution in [2.24, 2.45) is 0 Å². The molecule has 3 aromatic rings. The molecule has 1 N–H and O–H groups in total. The summed E-state index contributed by atoms with van der Waals surface area (Å²) in [6, 6.07) is 12.7. The maximum Gasteiger partial charge on any atom is 0.244 e. The van der Waals surface area contributed by atoms with Crippen LogP contribution in [-0.2, 0) is 11.3 Å². The summed E-state index contributed by atoms with van der Waals surface area (Å²) >= 11 is 0. The molecule has 0 saturated carbocycles. The van der Waals surface area contributed by atoms with E-state index in [1.54, 1.807) is 44.4 Å². The Morgan fingerprint density at radius 2 is 1.96 bits per heavy atom. The molecule has 0 radical (unpaired) electrons. The number of carbonyl (C=O) groups excluding carboxylic acids is 1. The number of carbonyl (C=O) groups is 1. The first kappa shape index (κ1) is 16.7. The van der Waals surface area contributed by atoms with Crippen molar-refractivity contribution < 1.29 is 13.9 Å². The molecule has 0 aliphatic rings. The lowest BCUT2D eigenvalue weighted by Gasteiger charge is -2.15. The first-order valence-electron chi connectivity index (χ1n) is 7.72. The van der Waals surface area contributed by atoms with Crippen LogP contribution in [0.5, 0.6) is 5.75 Å². The molecule has 0 atom stereocenters. The Hall–Kier alpha value is -3.15. The molecule has 1 aromatic heterocycles. The van der Waals surface area contributed by atoms with Crippen molar-refractivity contribution in [2.45, 2.75) is 13.5 Å². The van der Waals surface area contributed by atoms with Gasteiger partial charge in [0.2, 0.25) is 5.91 Å².